The van der Waals surface area contributed by atoms with Crippen molar-refractivity contribution in [1.29, 1.82) is 0 Å². The van der Waals surface area contributed by atoms with Crippen molar-refractivity contribution in [3.05, 3.63) is 125 Å². The highest BCUT2D eigenvalue weighted by Crippen LogP contribution is 2.24. The lowest BCUT2D eigenvalue weighted by atomic mass is 10.1. The first kappa shape index (κ1) is 29.2. The van der Waals surface area contributed by atoms with Crippen LogP contribution in [0.1, 0.15) is 27.0 Å². The van der Waals surface area contributed by atoms with E-state index in [1.165, 1.54) is 11.8 Å². The van der Waals surface area contributed by atoms with Crippen LogP contribution in [0.5, 0.6) is 5.75 Å². The summed E-state index contributed by atoms with van der Waals surface area (Å²) in [5, 5.41) is 8.53. The summed E-state index contributed by atoms with van der Waals surface area (Å²) in [6.07, 6.45) is 1.57. The van der Waals surface area contributed by atoms with Gasteiger partial charge in [0.15, 0.2) is 0 Å². The maximum absolute atomic E-state index is 13.4. The van der Waals surface area contributed by atoms with Crippen LogP contribution in [0.4, 0.5) is 11.4 Å². The van der Waals surface area contributed by atoms with Gasteiger partial charge in [0.05, 0.1) is 12.9 Å². The molecular weight excluding hydrogens is 534 g/mol. The zero-order valence-corrected chi connectivity index (χ0v) is 23.9. The van der Waals surface area contributed by atoms with Crippen LogP contribution >= 0.6 is 11.8 Å². The number of para-hydroxylation sites is 1. The van der Waals surface area contributed by atoms with E-state index in [1.54, 1.807) is 67.8 Å². The lowest BCUT2D eigenvalue weighted by Crippen LogP contribution is -2.30. The zero-order chi connectivity index (χ0) is 29.2. The molecule has 4 aromatic rings. The lowest BCUT2D eigenvalue weighted by molar-refractivity contribution is -0.114. The molecule has 0 aliphatic carbocycles. The van der Waals surface area contributed by atoms with Crippen molar-refractivity contribution in [3.8, 4) is 5.75 Å². The molecule has 0 unspecified atom stereocenters. The van der Waals surface area contributed by atoms with Crippen molar-refractivity contribution >= 4 is 46.9 Å². The van der Waals surface area contributed by atoms with Crippen molar-refractivity contribution < 1.29 is 19.1 Å². The second-order valence-electron chi connectivity index (χ2n) is 9.32. The van der Waals surface area contributed by atoms with E-state index in [0.29, 0.717) is 22.6 Å². The number of hydrogen-bond acceptors (Lipinski definition) is 5. The number of rotatable bonds is 10. The Kier molecular flexibility index (Phi) is 9.96. The van der Waals surface area contributed by atoms with Crippen molar-refractivity contribution in [1.82, 2.24) is 5.32 Å². The number of benzene rings is 4. The number of aryl methyl sites for hydroxylation is 2. The van der Waals surface area contributed by atoms with Gasteiger partial charge in [-0.2, -0.15) is 0 Å². The fourth-order valence-electron chi connectivity index (χ4n) is 4.14. The molecule has 0 saturated heterocycles. The molecule has 208 valence electrons. The monoisotopic (exact) mass is 565 g/mol. The average molecular weight is 566 g/mol. The minimum Gasteiger partial charge on any atom is -0.496 e. The van der Waals surface area contributed by atoms with Gasteiger partial charge < -0.3 is 20.7 Å². The maximum atomic E-state index is 13.4. The molecule has 3 amide bonds. The molecular formula is C33H31N3O4S. The fraction of sp³-hybridized carbons (Fsp3) is 0.121. The molecule has 0 atom stereocenters. The predicted molar refractivity (Wildman–Crippen MR) is 165 cm³/mol. The summed E-state index contributed by atoms with van der Waals surface area (Å²) < 4.78 is 5.42. The molecule has 0 spiro atoms. The minimum absolute atomic E-state index is 0.0502. The largest absolute Gasteiger partial charge is 0.496 e. The van der Waals surface area contributed by atoms with Gasteiger partial charge in [-0.3, -0.25) is 14.4 Å². The van der Waals surface area contributed by atoms with E-state index in [2.05, 4.69) is 16.0 Å². The van der Waals surface area contributed by atoms with Gasteiger partial charge in [-0.25, -0.2) is 0 Å². The van der Waals surface area contributed by atoms with Gasteiger partial charge in [-0.1, -0.05) is 48.5 Å². The number of methoxy groups -OCH3 is 1. The number of nitrogens with one attached hydrogen (secondary N) is 3. The Bertz CT molecular complexity index is 1560. The third-order valence-corrected chi connectivity index (χ3v) is 6.93. The van der Waals surface area contributed by atoms with Crippen molar-refractivity contribution in [2.45, 2.75) is 18.7 Å². The molecule has 41 heavy (non-hydrogen) atoms. The topological polar surface area (TPSA) is 96.5 Å². The molecule has 0 fully saturated rings. The van der Waals surface area contributed by atoms with Gasteiger partial charge in [0.25, 0.3) is 11.8 Å². The molecule has 7 nitrogen and oxygen atoms in total. The molecule has 3 N–H and O–H groups in total. The van der Waals surface area contributed by atoms with Crippen LogP contribution < -0.4 is 20.7 Å². The fourth-order valence-corrected chi connectivity index (χ4v) is 4.89. The highest BCUT2D eigenvalue weighted by molar-refractivity contribution is 8.00. The molecule has 8 heteroatoms. The highest BCUT2D eigenvalue weighted by Gasteiger charge is 2.16. The van der Waals surface area contributed by atoms with E-state index in [0.717, 1.165) is 21.7 Å². The van der Waals surface area contributed by atoms with E-state index in [-0.39, 0.29) is 17.4 Å². The van der Waals surface area contributed by atoms with Gasteiger partial charge in [0, 0.05) is 27.4 Å². The minimum atomic E-state index is -0.505. The Hall–Kier alpha value is -4.82. The van der Waals surface area contributed by atoms with Crippen LogP contribution in [0, 0.1) is 13.8 Å². The van der Waals surface area contributed by atoms with E-state index < -0.39 is 11.8 Å². The second-order valence-corrected chi connectivity index (χ2v) is 10.4. The SMILES string of the molecule is COc1ccccc1/C=C(/NC(=O)c1ccccc1)C(=O)Nc1cccc(SCC(=O)Nc2cc(C)cc(C)c2)c1. The Morgan fingerprint density at radius 3 is 2.22 bits per heavy atom. The summed E-state index contributed by atoms with van der Waals surface area (Å²) in [4.78, 5) is 39.7. The number of thioether (sulfide) groups is 1. The zero-order valence-electron chi connectivity index (χ0n) is 23.1. The molecule has 0 heterocycles. The molecule has 0 aliphatic heterocycles. The molecule has 4 aromatic carbocycles. The smallest absolute Gasteiger partial charge is 0.272 e. The number of carbonyl (C=O) groups is 3. The molecule has 0 bridgehead atoms. The molecule has 4 rings (SSSR count). The first-order valence-electron chi connectivity index (χ1n) is 12.9. The molecule has 0 aromatic heterocycles. The van der Waals surface area contributed by atoms with E-state index in [9.17, 15) is 14.4 Å². The Balaban J connectivity index is 1.47. The van der Waals surface area contributed by atoms with Gasteiger partial charge >= 0.3 is 0 Å². The van der Waals surface area contributed by atoms with Crippen molar-refractivity contribution in [2.24, 2.45) is 0 Å². The van der Waals surface area contributed by atoms with Crippen LogP contribution in [0.3, 0.4) is 0 Å². The number of anilines is 2. The van der Waals surface area contributed by atoms with Crippen LogP contribution in [-0.2, 0) is 9.59 Å². The third-order valence-electron chi connectivity index (χ3n) is 5.93. The van der Waals surface area contributed by atoms with Crippen LogP contribution in [0.25, 0.3) is 6.08 Å². The summed E-state index contributed by atoms with van der Waals surface area (Å²) in [7, 11) is 1.54. The van der Waals surface area contributed by atoms with Gasteiger partial charge in [0.2, 0.25) is 5.91 Å². The van der Waals surface area contributed by atoms with E-state index >= 15 is 0 Å². The standard InChI is InChI=1S/C33H31N3O4S/c1-22-16-23(2)18-27(17-22)34-31(37)21-41-28-14-9-13-26(20-28)35-33(39)29(19-25-12-7-8-15-30(25)40-3)36-32(38)24-10-5-4-6-11-24/h4-20H,21H2,1-3H3,(H,34,37)(H,35,39)(H,36,38)/b29-19+. The van der Waals surface area contributed by atoms with E-state index in [4.69, 9.17) is 4.74 Å². The van der Waals surface area contributed by atoms with Crippen LogP contribution in [-0.4, -0.2) is 30.6 Å². The average Bonchev–Trinajstić information content (AvgIpc) is 2.96. The molecule has 0 aliphatic rings. The quantitative estimate of drug-likeness (QED) is 0.152. The summed E-state index contributed by atoms with van der Waals surface area (Å²) >= 11 is 1.36. The second kappa shape index (κ2) is 14.0. The summed E-state index contributed by atoms with van der Waals surface area (Å²) in [6, 6.07) is 29.0. The Labute approximate surface area is 244 Å². The van der Waals surface area contributed by atoms with Gasteiger partial charge in [0.1, 0.15) is 11.4 Å². The summed E-state index contributed by atoms with van der Waals surface area (Å²) in [5.74, 6) is -0.281. The first-order chi connectivity index (χ1) is 19.8. The van der Waals surface area contributed by atoms with Crippen LogP contribution in [0.2, 0.25) is 0 Å². The number of amides is 3. The normalized spacial score (nSPS) is 11.0. The lowest BCUT2D eigenvalue weighted by Gasteiger charge is -2.13. The number of carbonyl (C=O) groups excluding carboxylic acids is 3. The maximum Gasteiger partial charge on any atom is 0.272 e. The van der Waals surface area contributed by atoms with E-state index in [1.807, 2.05) is 56.3 Å². The highest BCUT2D eigenvalue weighted by atomic mass is 32.2. The van der Waals surface area contributed by atoms with Crippen molar-refractivity contribution in [3.63, 3.8) is 0 Å². The van der Waals surface area contributed by atoms with Gasteiger partial charge in [-0.05, 0) is 79.6 Å². The Morgan fingerprint density at radius 1 is 0.780 bits per heavy atom. The molecule has 0 saturated carbocycles. The number of ether oxygens (including phenoxy) is 1. The molecule has 0 radical (unpaired) electrons. The third kappa shape index (κ3) is 8.58. The van der Waals surface area contributed by atoms with Crippen molar-refractivity contribution in [2.75, 3.05) is 23.5 Å². The predicted octanol–water partition coefficient (Wildman–Crippen LogP) is 6.45. The number of hydrogen-bond donors (Lipinski definition) is 3. The summed E-state index contributed by atoms with van der Waals surface area (Å²) in [6.45, 7) is 3.97. The first-order valence-corrected chi connectivity index (χ1v) is 13.9. The summed E-state index contributed by atoms with van der Waals surface area (Å²) in [5.41, 5.74) is 4.55. The van der Waals surface area contributed by atoms with Gasteiger partial charge in [-0.15, -0.1) is 11.8 Å². The van der Waals surface area contributed by atoms with Crippen LogP contribution in [0.15, 0.2) is 108 Å². The Morgan fingerprint density at radius 2 is 1.49 bits per heavy atom.